The molecule has 5 nitrogen and oxygen atoms in total. The summed E-state index contributed by atoms with van der Waals surface area (Å²) in [6, 6.07) is 0.511. The molecular weight excluding hydrogens is 356 g/mol. The van der Waals surface area contributed by atoms with Gasteiger partial charge < -0.3 is 8.98 Å². The maximum atomic E-state index is 5.87. The van der Waals surface area contributed by atoms with Crippen LogP contribution in [-0.2, 0) is 11.2 Å². The molecule has 0 aromatic carbocycles. The van der Waals surface area contributed by atoms with E-state index in [1.165, 1.54) is 31.4 Å². The number of thioether (sulfide) groups is 1. The summed E-state index contributed by atoms with van der Waals surface area (Å²) in [6.07, 6.45) is 5.71. The molecule has 0 radical (unpaired) electrons. The van der Waals surface area contributed by atoms with E-state index >= 15 is 0 Å². The summed E-state index contributed by atoms with van der Waals surface area (Å²) in [6.45, 7) is 13.0. The van der Waals surface area contributed by atoms with Crippen molar-refractivity contribution in [2.75, 3.05) is 0 Å². The predicted molar refractivity (Wildman–Crippen MR) is 108 cm³/mol. The van der Waals surface area contributed by atoms with Crippen molar-refractivity contribution in [2.24, 2.45) is 17.8 Å². The van der Waals surface area contributed by atoms with Crippen molar-refractivity contribution in [3.05, 3.63) is 23.2 Å². The lowest BCUT2D eigenvalue weighted by Crippen LogP contribution is -2.23. The average molecular weight is 389 g/mol. The third kappa shape index (κ3) is 3.57. The van der Waals surface area contributed by atoms with Gasteiger partial charge in [-0.1, -0.05) is 39.0 Å². The van der Waals surface area contributed by atoms with Crippen molar-refractivity contribution in [1.82, 2.24) is 19.7 Å². The van der Waals surface area contributed by atoms with Gasteiger partial charge in [-0.3, -0.25) is 0 Å². The molecule has 2 heterocycles. The molecule has 2 bridgehead atoms. The molecular formula is C21H32N4OS. The quantitative estimate of drug-likeness (QED) is 0.636. The van der Waals surface area contributed by atoms with Gasteiger partial charge in [0.25, 0.3) is 0 Å². The first-order valence-corrected chi connectivity index (χ1v) is 11.2. The summed E-state index contributed by atoms with van der Waals surface area (Å²) in [7, 11) is 0. The Morgan fingerprint density at radius 1 is 1.19 bits per heavy atom. The van der Waals surface area contributed by atoms with Gasteiger partial charge in [0.1, 0.15) is 0 Å². The number of rotatable bonds is 5. The van der Waals surface area contributed by atoms with Crippen LogP contribution in [0.3, 0.4) is 0 Å². The molecule has 4 rings (SSSR count). The fraction of sp³-hybridized carbons (Fsp3) is 0.762. The minimum absolute atomic E-state index is 0.113. The molecule has 0 saturated heterocycles. The van der Waals surface area contributed by atoms with E-state index in [4.69, 9.17) is 9.40 Å². The molecule has 2 aliphatic rings. The molecule has 2 saturated carbocycles. The Balaban J connectivity index is 1.51. The summed E-state index contributed by atoms with van der Waals surface area (Å²) >= 11 is 1.72. The molecule has 0 amide bonds. The summed E-state index contributed by atoms with van der Waals surface area (Å²) in [5, 5.41) is 9.54. The predicted octanol–water partition coefficient (Wildman–Crippen LogP) is 5.47. The zero-order valence-corrected chi connectivity index (χ0v) is 18.3. The summed E-state index contributed by atoms with van der Waals surface area (Å²) in [5.41, 5.74) is 2.32. The van der Waals surface area contributed by atoms with Crippen LogP contribution in [0.4, 0.5) is 0 Å². The van der Waals surface area contributed by atoms with Crippen molar-refractivity contribution in [1.29, 1.82) is 0 Å². The Morgan fingerprint density at radius 2 is 1.96 bits per heavy atom. The zero-order valence-electron chi connectivity index (χ0n) is 17.5. The van der Waals surface area contributed by atoms with Gasteiger partial charge in [0.15, 0.2) is 5.16 Å². The van der Waals surface area contributed by atoms with Crippen molar-refractivity contribution in [2.45, 2.75) is 89.6 Å². The molecule has 4 unspecified atom stereocenters. The van der Waals surface area contributed by atoms with Gasteiger partial charge in [0.05, 0.1) is 11.4 Å². The number of nitrogens with zero attached hydrogens (tertiary/aromatic N) is 4. The van der Waals surface area contributed by atoms with Crippen molar-refractivity contribution >= 4 is 11.8 Å². The van der Waals surface area contributed by atoms with Gasteiger partial charge in [-0.25, -0.2) is 4.98 Å². The van der Waals surface area contributed by atoms with Gasteiger partial charge in [0, 0.05) is 17.2 Å². The van der Waals surface area contributed by atoms with Crippen LogP contribution in [0.25, 0.3) is 0 Å². The monoisotopic (exact) mass is 388 g/mol. The number of fused-ring (bicyclic) bond motifs is 2. The SMILES string of the molecule is Cc1nc(SCc2nnc(C(C)(C)C)o2)n(C(C)C2CC3CCC2C3)c1C. The first-order chi connectivity index (χ1) is 12.7. The second kappa shape index (κ2) is 6.94. The van der Waals surface area contributed by atoms with E-state index in [2.05, 4.69) is 56.3 Å². The fourth-order valence-corrected chi connectivity index (χ4v) is 6.01. The summed E-state index contributed by atoms with van der Waals surface area (Å²) in [4.78, 5) is 4.87. The summed E-state index contributed by atoms with van der Waals surface area (Å²) in [5.74, 6) is 4.73. The molecule has 2 aliphatic carbocycles. The molecule has 2 fully saturated rings. The smallest absolute Gasteiger partial charge is 0.226 e. The van der Waals surface area contributed by atoms with Crippen LogP contribution in [0.1, 0.15) is 82.6 Å². The normalized spacial score (nSPS) is 26.1. The average Bonchev–Trinajstić information content (AvgIpc) is 3.36. The molecule has 148 valence electrons. The highest BCUT2D eigenvalue weighted by molar-refractivity contribution is 7.98. The molecule has 6 heteroatoms. The highest BCUT2D eigenvalue weighted by atomic mass is 32.2. The van der Waals surface area contributed by atoms with E-state index in [0.717, 1.165) is 28.6 Å². The lowest BCUT2D eigenvalue weighted by Gasteiger charge is -2.30. The van der Waals surface area contributed by atoms with E-state index < -0.39 is 0 Å². The zero-order chi connectivity index (χ0) is 19.3. The van der Waals surface area contributed by atoms with Crippen LogP contribution < -0.4 is 0 Å². The van der Waals surface area contributed by atoms with Gasteiger partial charge in [-0.2, -0.15) is 0 Å². The molecule has 0 spiro atoms. The molecule has 4 atom stereocenters. The highest BCUT2D eigenvalue weighted by Crippen LogP contribution is 2.52. The second-order valence-electron chi connectivity index (χ2n) is 9.55. The number of hydrogen-bond acceptors (Lipinski definition) is 5. The van der Waals surface area contributed by atoms with E-state index in [0.29, 0.717) is 23.6 Å². The van der Waals surface area contributed by atoms with Gasteiger partial charge in [-0.05, 0) is 57.8 Å². The Hall–Kier alpha value is -1.30. The molecule has 2 aromatic rings. The third-order valence-electron chi connectivity index (χ3n) is 6.61. The van der Waals surface area contributed by atoms with E-state index in [1.54, 1.807) is 11.8 Å². The minimum Gasteiger partial charge on any atom is -0.424 e. The topological polar surface area (TPSA) is 56.7 Å². The first-order valence-electron chi connectivity index (χ1n) is 10.2. The lowest BCUT2D eigenvalue weighted by molar-refractivity contribution is 0.232. The number of aryl methyl sites for hydroxylation is 1. The maximum Gasteiger partial charge on any atom is 0.226 e. The molecule has 0 aliphatic heterocycles. The maximum absolute atomic E-state index is 5.87. The molecule has 2 aromatic heterocycles. The van der Waals surface area contributed by atoms with Crippen LogP contribution >= 0.6 is 11.8 Å². The highest BCUT2D eigenvalue weighted by Gasteiger charge is 2.43. The van der Waals surface area contributed by atoms with Crippen LogP contribution in [0.15, 0.2) is 9.57 Å². The van der Waals surface area contributed by atoms with E-state index in [9.17, 15) is 0 Å². The molecule has 27 heavy (non-hydrogen) atoms. The fourth-order valence-electron chi connectivity index (χ4n) is 5.00. The third-order valence-corrected chi connectivity index (χ3v) is 7.54. The number of hydrogen-bond donors (Lipinski definition) is 0. The number of imidazole rings is 1. The molecule has 0 N–H and O–H groups in total. The van der Waals surface area contributed by atoms with E-state index in [-0.39, 0.29) is 5.41 Å². The lowest BCUT2D eigenvalue weighted by atomic mass is 9.84. The summed E-state index contributed by atoms with van der Waals surface area (Å²) < 4.78 is 8.35. The van der Waals surface area contributed by atoms with Crippen molar-refractivity contribution < 1.29 is 4.42 Å². The van der Waals surface area contributed by atoms with Gasteiger partial charge in [-0.15, -0.1) is 10.2 Å². The Labute approximate surface area is 166 Å². The largest absolute Gasteiger partial charge is 0.424 e. The van der Waals surface area contributed by atoms with Crippen LogP contribution in [0.5, 0.6) is 0 Å². The Bertz CT molecular complexity index is 819. The standard InChI is InChI=1S/C21H32N4OS/c1-12-13(2)25(14(3)17-10-15-7-8-16(17)9-15)20(22-12)27-11-18-23-24-19(26-18)21(4,5)6/h14-17H,7-11H2,1-6H3. The van der Waals surface area contributed by atoms with Crippen LogP contribution in [0.2, 0.25) is 0 Å². The minimum atomic E-state index is -0.113. The van der Waals surface area contributed by atoms with Crippen LogP contribution in [-0.4, -0.2) is 19.7 Å². The van der Waals surface area contributed by atoms with Crippen molar-refractivity contribution in [3.63, 3.8) is 0 Å². The van der Waals surface area contributed by atoms with Crippen molar-refractivity contribution in [3.8, 4) is 0 Å². The Morgan fingerprint density at radius 3 is 2.56 bits per heavy atom. The van der Waals surface area contributed by atoms with Gasteiger partial charge in [0.2, 0.25) is 11.8 Å². The van der Waals surface area contributed by atoms with Gasteiger partial charge >= 0.3 is 0 Å². The van der Waals surface area contributed by atoms with Crippen LogP contribution in [0, 0.1) is 31.6 Å². The Kier molecular flexibility index (Phi) is 4.90. The second-order valence-corrected chi connectivity index (χ2v) is 10.5. The first kappa shape index (κ1) is 19.0. The number of aromatic nitrogens is 4. The van der Waals surface area contributed by atoms with E-state index in [1.807, 2.05) is 0 Å².